The lowest BCUT2D eigenvalue weighted by Crippen LogP contribution is -2.52. The summed E-state index contributed by atoms with van der Waals surface area (Å²) in [6.07, 6.45) is -5.27. The number of ether oxygens (including phenoxy) is 1. The summed E-state index contributed by atoms with van der Waals surface area (Å²) in [5.41, 5.74) is 0.587. The van der Waals surface area contributed by atoms with Gasteiger partial charge >= 0.3 is 6.18 Å². The standard InChI is InChI=1S/C15H17F3N2O3/c1-23-11-5-2-4-10(8-11)20-7-3-6-12(14(20)22)19-13(21)9-15(16,17)18/h2,4-5,8,12H,3,6-7,9H2,1H3,(H,19,21)/t12-/m1/s1. The van der Waals surface area contributed by atoms with Gasteiger partial charge in [-0.25, -0.2) is 0 Å². The second-order valence-corrected chi connectivity index (χ2v) is 5.25. The number of carbonyl (C=O) groups excluding carboxylic acids is 2. The van der Waals surface area contributed by atoms with E-state index in [1.165, 1.54) is 12.0 Å². The molecule has 1 N–H and O–H groups in total. The summed E-state index contributed by atoms with van der Waals surface area (Å²) in [5, 5.41) is 2.17. The molecule has 1 heterocycles. The summed E-state index contributed by atoms with van der Waals surface area (Å²) in [6.45, 7) is 0.442. The molecule has 2 rings (SSSR count). The van der Waals surface area contributed by atoms with Crippen LogP contribution in [0.3, 0.4) is 0 Å². The zero-order chi connectivity index (χ0) is 17.0. The van der Waals surface area contributed by atoms with Gasteiger partial charge in [0.1, 0.15) is 18.2 Å². The Kier molecular flexibility index (Phi) is 5.12. The molecule has 1 aliphatic heterocycles. The molecule has 0 radical (unpaired) electrons. The summed E-state index contributed by atoms with van der Waals surface area (Å²) in [6, 6.07) is 5.87. The number of piperidine rings is 1. The van der Waals surface area contributed by atoms with Crippen LogP contribution in [-0.2, 0) is 9.59 Å². The van der Waals surface area contributed by atoms with Crippen LogP contribution in [0.5, 0.6) is 5.75 Å². The van der Waals surface area contributed by atoms with E-state index in [-0.39, 0.29) is 0 Å². The molecule has 0 saturated carbocycles. The number of nitrogens with zero attached hydrogens (tertiary/aromatic N) is 1. The lowest BCUT2D eigenvalue weighted by atomic mass is 10.0. The molecule has 8 heteroatoms. The van der Waals surface area contributed by atoms with E-state index in [1.807, 2.05) is 0 Å². The number of benzene rings is 1. The molecule has 0 aromatic heterocycles. The molecular weight excluding hydrogens is 313 g/mol. The Bertz CT molecular complexity index is 590. The Labute approximate surface area is 131 Å². The van der Waals surface area contributed by atoms with Crippen molar-refractivity contribution in [2.45, 2.75) is 31.5 Å². The Morgan fingerprint density at radius 3 is 2.83 bits per heavy atom. The molecule has 0 bridgehead atoms. The van der Waals surface area contributed by atoms with Crippen LogP contribution in [0.15, 0.2) is 24.3 Å². The predicted molar refractivity (Wildman–Crippen MR) is 77.2 cm³/mol. The van der Waals surface area contributed by atoms with Crippen molar-refractivity contribution >= 4 is 17.5 Å². The van der Waals surface area contributed by atoms with Crippen LogP contribution in [0.2, 0.25) is 0 Å². The fourth-order valence-corrected chi connectivity index (χ4v) is 2.47. The number of hydrogen-bond donors (Lipinski definition) is 1. The van der Waals surface area contributed by atoms with Gasteiger partial charge in [-0.1, -0.05) is 6.07 Å². The molecule has 0 aliphatic carbocycles. The topological polar surface area (TPSA) is 58.6 Å². The van der Waals surface area contributed by atoms with Crippen molar-refractivity contribution in [1.29, 1.82) is 0 Å². The molecule has 1 aliphatic rings. The quantitative estimate of drug-likeness (QED) is 0.921. The Balaban J connectivity index is 2.07. The number of anilines is 1. The second-order valence-electron chi connectivity index (χ2n) is 5.25. The first-order valence-electron chi connectivity index (χ1n) is 7.12. The van der Waals surface area contributed by atoms with Gasteiger partial charge in [-0.2, -0.15) is 13.2 Å². The molecule has 1 atom stereocenters. The van der Waals surface area contributed by atoms with E-state index >= 15 is 0 Å². The molecule has 1 aromatic rings. The number of halogens is 3. The Morgan fingerprint density at radius 2 is 2.17 bits per heavy atom. The number of methoxy groups -OCH3 is 1. The van der Waals surface area contributed by atoms with Crippen molar-refractivity contribution in [3.05, 3.63) is 24.3 Å². The predicted octanol–water partition coefficient (Wildman–Crippen LogP) is 2.26. The Hall–Kier alpha value is -2.25. The summed E-state index contributed by atoms with van der Waals surface area (Å²) in [7, 11) is 1.50. The highest BCUT2D eigenvalue weighted by molar-refractivity contribution is 6.00. The normalized spacial score (nSPS) is 18.7. The van der Waals surface area contributed by atoms with Crippen molar-refractivity contribution < 1.29 is 27.5 Å². The van der Waals surface area contributed by atoms with Crippen LogP contribution in [-0.4, -0.2) is 37.7 Å². The first-order valence-corrected chi connectivity index (χ1v) is 7.12. The molecule has 0 spiro atoms. The molecule has 23 heavy (non-hydrogen) atoms. The van der Waals surface area contributed by atoms with Gasteiger partial charge < -0.3 is 15.0 Å². The fraction of sp³-hybridized carbons (Fsp3) is 0.467. The van der Waals surface area contributed by atoms with Gasteiger partial charge in [0.05, 0.1) is 7.11 Å². The number of alkyl halides is 3. The van der Waals surface area contributed by atoms with Crippen LogP contribution >= 0.6 is 0 Å². The monoisotopic (exact) mass is 330 g/mol. The van der Waals surface area contributed by atoms with E-state index < -0.39 is 30.5 Å². The average molecular weight is 330 g/mol. The van der Waals surface area contributed by atoms with Gasteiger partial charge in [-0.3, -0.25) is 9.59 Å². The van der Waals surface area contributed by atoms with Crippen molar-refractivity contribution in [2.75, 3.05) is 18.6 Å². The third-order valence-corrected chi connectivity index (χ3v) is 3.50. The maximum atomic E-state index is 12.4. The highest BCUT2D eigenvalue weighted by atomic mass is 19.4. The minimum atomic E-state index is -4.59. The SMILES string of the molecule is COc1cccc(N2CCC[C@@H](NC(=O)CC(F)(F)F)C2=O)c1. The van der Waals surface area contributed by atoms with Crippen LogP contribution in [0.4, 0.5) is 18.9 Å². The fourth-order valence-electron chi connectivity index (χ4n) is 2.47. The van der Waals surface area contributed by atoms with E-state index in [0.29, 0.717) is 30.8 Å². The van der Waals surface area contributed by atoms with Crippen molar-refractivity contribution in [2.24, 2.45) is 0 Å². The smallest absolute Gasteiger partial charge is 0.397 e. The number of rotatable bonds is 4. The van der Waals surface area contributed by atoms with Crippen LogP contribution in [0.1, 0.15) is 19.3 Å². The van der Waals surface area contributed by atoms with Gasteiger partial charge in [0.2, 0.25) is 11.8 Å². The van der Waals surface area contributed by atoms with Gasteiger partial charge in [0.15, 0.2) is 0 Å². The molecule has 1 aromatic carbocycles. The van der Waals surface area contributed by atoms with Crippen LogP contribution in [0, 0.1) is 0 Å². The van der Waals surface area contributed by atoms with Crippen LogP contribution in [0.25, 0.3) is 0 Å². The number of carbonyl (C=O) groups is 2. The largest absolute Gasteiger partial charge is 0.497 e. The summed E-state index contributed by atoms with van der Waals surface area (Å²) < 4.78 is 41.7. The number of hydrogen-bond acceptors (Lipinski definition) is 3. The van der Waals surface area contributed by atoms with Crippen molar-refractivity contribution in [1.82, 2.24) is 5.32 Å². The van der Waals surface area contributed by atoms with Gasteiger partial charge in [0.25, 0.3) is 0 Å². The van der Waals surface area contributed by atoms with Crippen molar-refractivity contribution in [3.63, 3.8) is 0 Å². The number of nitrogens with one attached hydrogen (secondary N) is 1. The summed E-state index contributed by atoms with van der Waals surface area (Å²) >= 11 is 0. The summed E-state index contributed by atoms with van der Waals surface area (Å²) in [5.74, 6) is -1.04. The van der Waals surface area contributed by atoms with E-state index in [0.717, 1.165) is 0 Å². The minimum Gasteiger partial charge on any atom is -0.497 e. The molecule has 1 saturated heterocycles. The third-order valence-electron chi connectivity index (χ3n) is 3.50. The lowest BCUT2D eigenvalue weighted by molar-refractivity contribution is -0.155. The molecule has 2 amide bonds. The van der Waals surface area contributed by atoms with E-state index in [9.17, 15) is 22.8 Å². The molecule has 126 valence electrons. The average Bonchev–Trinajstić information content (AvgIpc) is 2.47. The van der Waals surface area contributed by atoms with Crippen molar-refractivity contribution in [3.8, 4) is 5.75 Å². The molecule has 5 nitrogen and oxygen atoms in total. The zero-order valence-electron chi connectivity index (χ0n) is 12.5. The van der Waals surface area contributed by atoms with E-state index in [2.05, 4.69) is 5.32 Å². The second kappa shape index (κ2) is 6.89. The minimum absolute atomic E-state index is 0.322. The highest BCUT2D eigenvalue weighted by Crippen LogP contribution is 2.25. The number of amides is 2. The lowest BCUT2D eigenvalue weighted by Gasteiger charge is -2.32. The highest BCUT2D eigenvalue weighted by Gasteiger charge is 2.35. The third kappa shape index (κ3) is 4.61. The maximum absolute atomic E-state index is 12.4. The van der Waals surface area contributed by atoms with Crippen LogP contribution < -0.4 is 15.0 Å². The molecule has 1 fully saturated rings. The molecule has 0 unspecified atom stereocenters. The maximum Gasteiger partial charge on any atom is 0.397 e. The zero-order valence-corrected chi connectivity index (χ0v) is 12.5. The summed E-state index contributed by atoms with van der Waals surface area (Å²) in [4.78, 5) is 25.3. The Morgan fingerprint density at radius 1 is 1.43 bits per heavy atom. The van der Waals surface area contributed by atoms with E-state index in [4.69, 9.17) is 4.74 Å². The molecular formula is C15H17F3N2O3. The van der Waals surface area contributed by atoms with Gasteiger partial charge in [-0.15, -0.1) is 0 Å². The van der Waals surface area contributed by atoms with Gasteiger partial charge in [-0.05, 0) is 25.0 Å². The van der Waals surface area contributed by atoms with Gasteiger partial charge in [0, 0.05) is 18.3 Å². The first kappa shape index (κ1) is 17.1. The van der Waals surface area contributed by atoms with E-state index in [1.54, 1.807) is 24.3 Å². The first-order chi connectivity index (χ1) is 10.8.